The normalized spacial score (nSPS) is 34.4. The van der Waals surface area contributed by atoms with E-state index >= 15 is 0 Å². The van der Waals surface area contributed by atoms with Gasteiger partial charge in [-0.3, -0.25) is 9.69 Å². The van der Waals surface area contributed by atoms with Crippen LogP contribution in [0.2, 0.25) is 0 Å². The summed E-state index contributed by atoms with van der Waals surface area (Å²) in [5.41, 5.74) is 2.49. The van der Waals surface area contributed by atoms with Crippen LogP contribution in [0.15, 0.2) is 28.9 Å². The van der Waals surface area contributed by atoms with Crippen molar-refractivity contribution in [3.05, 3.63) is 35.8 Å². The van der Waals surface area contributed by atoms with E-state index in [4.69, 9.17) is 9.15 Å². The number of fused-ring (bicyclic) bond motifs is 1. The summed E-state index contributed by atoms with van der Waals surface area (Å²) in [6.07, 6.45) is 13.3. The van der Waals surface area contributed by atoms with Gasteiger partial charge in [0.1, 0.15) is 5.76 Å². The van der Waals surface area contributed by atoms with Crippen LogP contribution < -0.4 is 0 Å². The number of carbonyl (C=O) groups is 1. The van der Waals surface area contributed by atoms with Gasteiger partial charge in [-0.2, -0.15) is 0 Å². The minimum Gasteiger partial charge on any atom is -0.469 e. The molecule has 172 valence electrons. The number of hydrogen-bond donors (Lipinski definition) is 0. The van der Waals surface area contributed by atoms with E-state index in [1.807, 2.05) is 6.26 Å². The zero-order valence-electron chi connectivity index (χ0n) is 19.9. The van der Waals surface area contributed by atoms with Gasteiger partial charge in [0, 0.05) is 0 Å². The minimum atomic E-state index is -0.365. The molecule has 0 spiro atoms. The summed E-state index contributed by atoms with van der Waals surface area (Å²) in [5.74, 6) is 1.95. The fourth-order valence-electron chi connectivity index (χ4n) is 7.31. The lowest BCUT2D eigenvalue weighted by molar-refractivity contribution is -0.168. The molecule has 3 aliphatic rings. The molecular weight excluding hydrogens is 386 g/mol. The summed E-state index contributed by atoms with van der Waals surface area (Å²) in [6, 6.07) is 2.17. The van der Waals surface area contributed by atoms with Crippen molar-refractivity contribution >= 4 is 5.97 Å². The maximum atomic E-state index is 12.8. The molecule has 2 aliphatic carbocycles. The number of likely N-dealkylation sites (tertiary alicyclic amines) is 1. The van der Waals surface area contributed by atoms with Gasteiger partial charge in [-0.05, 0) is 100 Å². The molecular formula is C27H41NO3. The second-order valence-electron chi connectivity index (χ2n) is 10.8. The van der Waals surface area contributed by atoms with Crippen LogP contribution in [0.4, 0.5) is 0 Å². The van der Waals surface area contributed by atoms with E-state index in [1.165, 1.54) is 49.9 Å². The molecule has 1 aromatic heterocycles. The zero-order valence-corrected chi connectivity index (χ0v) is 19.9. The largest absolute Gasteiger partial charge is 0.469 e. The van der Waals surface area contributed by atoms with Crippen molar-refractivity contribution in [1.29, 1.82) is 0 Å². The first kappa shape index (κ1) is 22.6. The van der Waals surface area contributed by atoms with E-state index in [9.17, 15) is 4.79 Å². The van der Waals surface area contributed by atoms with E-state index in [2.05, 4.69) is 31.4 Å². The third-order valence-electron chi connectivity index (χ3n) is 9.03. The summed E-state index contributed by atoms with van der Waals surface area (Å²) in [7, 11) is 1.54. The first-order valence-corrected chi connectivity index (χ1v) is 12.4. The number of methoxy groups -OCH3 is 1. The molecule has 2 heterocycles. The smallest absolute Gasteiger partial charge is 0.311 e. The number of piperidine rings is 1. The van der Waals surface area contributed by atoms with Gasteiger partial charge in [-0.15, -0.1) is 0 Å². The lowest BCUT2D eigenvalue weighted by atomic mass is 9.46. The van der Waals surface area contributed by atoms with Crippen LogP contribution in [-0.2, 0) is 22.5 Å². The Morgan fingerprint density at radius 3 is 2.74 bits per heavy atom. The number of carbonyl (C=O) groups excluding carboxylic acids is 1. The Morgan fingerprint density at radius 1 is 1.23 bits per heavy atom. The van der Waals surface area contributed by atoms with Crippen LogP contribution in [-0.4, -0.2) is 31.1 Å². The predicted octanol–water partition coefficient (Wildman–Crippen LogP) is 6.15. The molecule has 0 amide bonds. The standard InChI is InChI=1S/C27H41NO3/c1-20-9-12-24-26(2,14-8-15-27(24,3)25(29)30-4)22(20)11-10-21-13-18-31-23(21)19-28-16-6-5-7-17-28/h13,18,22,24H,1,5-12,14-17,19H2,2-4H3/t22-,24-,26+,27+/m0/s1. The van der Waals surface area contributed by atoms with E-state index in [1.54, 1.807) is 7.11 Å². The monoisotopic (exact) mass is 427 g/mol. The van der Waals surface area contributed by atoms with Crippen molar-refractivity contribution in [2.45, 2.75) is 84.6 Å². The molecule has 4 nitrogen and oxygen atoms in total. The molecule has 0 unspecified atom stereocenters. The first-order valence-electron chi connectivity index (χ1n) is 12.4. The summed E-state index contributed by atoms with van der Waals surface area (Å²) in [4.78, 5) is 15.3. The molecule has 0 radical (unpaired) electrons. The molecule has 1 aliphatic heterocycles. The summed E-state index contributed by atoms with van der Waals surface area (Å²) in [6.45, 7) is 12.4. The van der Waals surface area contributed by atoms with Crippen molar-refractivity contribution in [1.82, 2.24) is 4.90 Å². The highest BCUT2D eigenvalue weighted by Crippen LogP contribution is 2.62. The molecule has 3 fully saturated rings. The number of nitrogens with zero attached hydrogens (tertiary/aromatic N) is 1. The Bertz CT molecular complexity index is 792. The SMILES string of the molecule is C=C1CC[C@H]2[C@](C)(CCC[C@@]2(C)C(=O)OC)[C@H]1CCc1ccoc1CN1CCCCC1. The highest BCUT2D eigenvalue weighted by Gasteiger charge is 2.57. The highest BCUT2D eigenvalue weighted by atomic mass is 16.5. The van der Waals surface area contributed by atoms with Crippen LogP contribution in [0.3, 0.4) is 0 Å². The molecule has 0 bridgehead atoms. The maximum absolute atomic E-state index is 12.8. The van der Waals surface area contributed by atoms with Gasteiger partial charge in [-0.1, -0.05) is 31.9 Å². The van der Waals surface area contributed by atoms with Gasteiger partial charge in [0.2, 0.25) is 0 Å². The molecule has 0 aromatic carbocycles. The number of allylic oxidation sites excluding steroid dienone is 1. The van der Waals surface area contributed by atoms with E-state index in [0.717, 1.165) is 50.8 Å². The number of furan rings is 1. The van der Waals surface area contributed by atoms with Crippen molar-refractivity contribution in [3.63, 3.8) is 0 Å². The lowest BCUT2D eigenvalue weighted by Crippen LogP contribution is -2.53. The maximum Gasteiger partial charge on any atom is 0.311 e. The van der Waals surface area contributed by atoms with Gasteiger partial charge < -0.3 is 9.15 Å². The Balaban J connectivity index is 1.49. The van der Waals surface area contributed by atoms with Crippen molar-refractivity contribution in [3.8, 4) is 0 Å². The summed E-state index contributed by atoms with van der Waals surface area (Å²) in [5, 5.41) is 0. The Labute approximate surface area is 188 Å². The number of esters is 1. The topological polar surface area (TPSA) is 42.7 Å². The first-order chi connectivity index (χ1) is 14.9. The van der Waals surface area contributed by atoms with Crippen LogP contribution in [0.1, 0.15) is 83.0 Å². The van der Waals surface area contributed by atoms with Crippen LogP contribution in [0.5, 0.6) is 0 Å². The molecule has 2 saturated carbocycles. The van der Waals surface area contributed by atoms with Gasteiger partial charge in [0.05, 0.1) is 25.3 Å². The zero-order chi connectivity index (χ0) is 22.1. The van der Waals surface area contributed by atoms with Gasteiger partial charge in [0.25, 0.3) is 0 Å². The highest BCUT2D eigenvalue weighted by molar-refractivity contribution is 5.77. The quantitative estimate of drug-likeness (QED) is 0.403. The Kier molecular flexibility index (Phi) is 6.67. The third kappa shape index (κ3) is 4.25. The second kappa shape index (κ2) is 9.13. The van der Waals surface area contributed by atoms with Gasteiger partial charge in [-0.25, -0.2) is 0 Å². The van der Waals surface area contributed by atoms with Crippen LogP contribution in [0, 0.1) is 22.7 Å². The van der Waals surface area contributed by atoms with E-state index in [0.29, 0.717) is 11.8 Å². The summed E-state index contributed by atoms with van der Waals surface area (Å²) >= 11 is 0. The molecule has 1 saturated heterocycles. The second-order valence-corrected chi connectivity index (χ2v) is 10.8. The summed E-state index contributed by atoms with van der Waals surface area (Å²) < 4.78 is 11.2. The average molecular weight is 428 g/mol. The van der Waals surface area contributed by atoms with Gasteiger partial charge in [0.15, 0.2) is 0 Å². The number of hydrogen-bond acceptors (Lipinski definition) is 4. The fraction of sp³-hybridized carbons (Fsp3) is 0.741. The molecule has 4 heteroatoms. The van der Waals surface area contributed by atoms with Gasteiger partial charge >= 0.3 is 5.97 Å². The third-order valence-corrected chi connectivity index (χ3v) is 9.03. The Morgan fingerprint density at radius 2 is 2.00 bits per heavy atom. The molecule has 31 heavy (non-hydrogen) atoms. The van der Waals surface area contributed by atoms with Crippen LogP contribution in [0.25, 0.3) is 0 Å². The van der Waals surface area contributed by atoms with Crippen molar-refractivity contribution in [2.75, 3.05) is 20.2 Å². The number of aryl methyl sites for hydroxylation is 1. The fourth-order valence-corrected chi connectivity index (χ4v) is 7.31. The van der Waals surface area contributed by atoms with Crippen molar-refractivity contribution < 1.29 is 13.9 Å². The van der Waals surface area contributed by atoms with Crippen molar-refractivity contribution in [2.24, 2.45) is 22.7 Å². The molecule has 0 N–H and O–H groups in total. The molecule has 4 rings (SSSR count). The van der Waals surface area contributed by atoms with Crippen LogP contribution >= 0.6 is 0 Å². The van der Waals surface area contributed by atoms with E-state index < -0.39 is 0 Å². The molecule has 1 aromatic rings. The molecule has 4 atom stereocenters. The number of rotatable bonds is 6. The predicted molar refractivity (Wildman–Crippen MR) is 124 cm³/mol. The minimum absolute atomic E-state index is 0.0201. The number of ether oxygens (including phenoxy) is 1. The Hall–Kier alpha value is -1.55. The lowest BCUT2D eigenvalue weighted by Gasteiger charge is -2.57. The van der Waals surface area contributed by atoms with E-state index in [-0.39, 0.29) is 16.8 Å². The average Bonchev–Trinajstić information content (AvgIpc) is 3.20.